The Bertz CT molecular complexity index is 967. The maximum atomic E-state index is 6.22. The Balaban J connectivity index is 1.92. The highest BCUT2D eigenvalue weighted by Crippen LogP contribution is 2.32. The molecule has 0 saturated heterocycles. The van der Waals surface area contributed by atoms with Gasteiger partial charge in [-0.05, 0) is 18.6 Å². The molecule has 0 aliphatic carbocycles. The number of hydrogen-bond acceptors (Lipinski definition) is 4. The number of fused-ring (bicyclic) bond motifs is 3. The lowest BCUT2D eigenvalue weighted by atomic mass is 10.1. The van der Waals surface area contributed by atoms with Gasteiger partial charge < -0.3 is 0 Å². The summed E-state index contributed by atoms with van der Waals surface area (Å²) in [5.41, 5.74) is 3.48. The molecule has 2 aromatic heterocycles. The number of hydrogen-bond donors (Lipinski definition) is 0. The fraction of sp³-hybridized carbons (Fsp3) is 0.263. The molecule has 3 aromatic rings. The molecular formula is C19H17BrClN5. The first kappa shape index (κ1) is 17.4. The third kappa shape index (κ3) is 3.08. The Morgan fingerprint density at radius 1 is 1.15 bits per heavy atom. The summed E-state index contributed by atoms with van der Waals surface area (Å²) in [6.45, 7) is 2.59. The van der Waals surface area contributed by atoms with E-state index < -0.39 is 0 Å². The van der Waals surface area contributed by atoms with Gasteiger partial charge in [-0.1, -0.05) is 71.2 Å². The molecule has 0 radical (unpaired) electrons. The molecule has 4 rings (SSSR count). The van der Waals surface area contributed by atoms with Crippen LogP contribution in [0.5, 0.6) is 0 Å². The Hall–Kier alpha value is -2.05. The third-order valence-electron chi connectivity index (χ3n) is 4.31. The summed E-state index contributed by atoms with van der Waals surface area (Å²) in [6, 6.07) is 13.8. The molecule has 7 heteroatoms. The summed E-state index contributed by atoms with van der Waals surface area (Å²) in [4.78, 5) is 9.51. The van der Waals surface area contributed by atoms with Crippen LogP contribution in [0.15, 0.2) is 47.5 Å². The molecule has 0 bridgehead atoms. The number of rotatable bonds is 4. The molecule has 0 spiro atoms. The van der Waals surface area contributed by atoms with Gasteiger partial charge in [0, 0.05) is 5.56 Å². The molecule has 1 aliphatic heterocycles. The van der Waals surface area contributed by atoms with Gasteiger partial charge in [0.15, 0.2) is 11.6 Å². The zero-order chi connectivity index (χ0) is 18.1. The van der Waals surface area contributed by atoms with E-state index >= 15 is 0 Å². The molecule has 0 saturated carbocycles. The molecule has 26 heavy (non-hydrogen) atoms. The number of aliphatic imine (C=N–C) groups is 1. The van der Waals surface area contributed by atoms with Crippen molar-refractivity contribution in [2.24, 2.45) is 4.99 Å². The van der Waals surface area contributed by atoms with Crippen molar-refractivity contribution < 1.29 is 0 Å². The minimum absolute atomic E-state index is 0.121. The zero-order valence-electron chi connectivity index (χ0n) is 14.2. The standard InChI is InChI=1S/C19H17BrClN5/c1-2-6-13(20)19-25-24-16-11-22-17(12-7-4-3-5-8-12)18-14(26(16)19)9-10-15(21)23-18/h3-5,7-10,13H,2,6,11H2,1H3. The van der Waals surface area contributed by atoms with Crippen molar-refractivity contribution in [3.63, 3.8) is 0 Å². The summed E-state index contributed by atoms with van der Waals surface area (Å²) < 4.78 is 2.06. The van der Waals surface area contributed by atoms with Crippen molar-refractivity contribution in [2.75, 3.05) is 0 Å². The van der Waals surface area contributed by atoms with Gasteiger partial charge in [-0.2, -0.15) is 0 Å². The molecule has 5 nitrogen and oxygen atoms in total. The van der Waals surface area contributed by atoms with Crippen molar-refractivity contribution in [1.29, 1.82) is 0 Å². The van der Waals surface area contributed by atoms with Gasteiger partial charge in [-0.25, -0.2) is 4.98 Å². The monoisotopic (exact) mass is 429 g/mol. The van der Waals surface area contributed by atoms with Crippen molar-refractivity contribution in [3.05, 3.63) is 70.5 Å². The van der Waals surface area contributed by atoms with Crippen LogP contribution in [0.4, 0.5) is 0 Å². The van der Waals surface area contributed by atoms with E-state index in [2.05, 4.69) is 42.6 Å². The second-order valence-electron chi connectivity index (χ2n) is 6.10. The molecule has 3 heterocycles. The number of pyridine rings is 1. The van der Waals surface area contributed by atoms with Crippen LogP contribution in [-0.2, 0) is 6.54 Å². The molecule has 1 atom stereocenters. The van der Waals surface area contributed by atoms with E-state index in [1.807, 2.05) is 36.4 Å². The maximum Gasteiger partial charge on any atom is 0.159 e. The fourth-order valence-electron chi connectivity index (χ4n) is 3.11. The summed E-state index contributed by atoms with van der Waals surface area (Å²) in [7, 11) is 0. The van der Waals surface area contributed by atoms with Crippen molar-refractivity contribution in [2.45, 2.75) is 31.1 Å². The number of alkyl halides is 1. The first-order chi connectivity index (χ1) is 12.7. The van der Waals surface area contributed by atoms with Crippen LogP contribution in [0.25, 0.3) is 5.69 Å². The topological polar surface area (TPSA) is 56.0 Å². The van der Waals surface area contributed by atoms with Gasteiger partial charge in [0.05, 0.1) is 16.2 Å². The normalized spacial score (nSPS) is 14.2. The highest BCUT2D eigenvalue weighted by Gasteiger charge is 2.26. The number of aromatic nitrogens is 4. The molecule has 1 aliphatic rings. The maximum absolute atomic E-state index is 6.22. The SMILES string of the molecule is CCCC(Br)c1nnc2n1-c1ccc(Cl)nc1C(c1ccccc1)=NC2. The molecular weight excluding hydrogens is 414 g/mol. The molecule has 1 unspecified atom stereocenters. The minimum Gasteiger partial charge on any atom is -0.278 e. The van der Waals surface area contributed by atoms with Gasteiger partial charge in [-0.15, -0.1) is 10.2 Å². The second kappa shape index (κ2) is 7.29. The highest BCUT2D eigenvalue weighted by molar-refractivity contribution is 9.09. The first-order valence-corrected chi connectivity index (χ1v) is 9.83. The highest BCUT2D eigenvalue weighted by atomic mass is 79.9. The lowest BCUT2D eigenvalue weighted by Gasteiger charge is -2.15. The minimum atomic E-state index is 0.121. The van der Waals surface area contributed by atoms with E-state index in [4.69, 9.17) is 16.6 Å². The molecule has 0 amide bonds. The van der Waals surface area contributed by atoms with Crippen LogP contribution in [0.3, 0.4) is 0 Å². The summed E-state index contributed by atoms with van der Waals surface area (Å²) in [6.07, 6.45) is 2.02. The Morgan fingerprint density at radius 2 is 1.96 bits per heavy atom. The second-order valence-corrected chi connectivity index (χ2v) is 7.59. The van der Waals surface area contributed by atoms with Gasteiger partial charge in [0.2, 0.25) is 0 Å². The van der Waals surface area contributed by atoms with Gasteiger partial charge in [-0.3, -0.25) is 9.56 Å². The van der Waals surface area contributed by atoms with E-state index in [0.29, 0.717) is 11.7 Å². The molecule has 0 fully saturated rings. The average Bonchev–Trinajstić information content (AvgIpc) is 3.00. The van der Waals surface area contributed by atoms with Gasteiger partial charge in [0.25, 0.3) is 0 Å². The van der Waals surface area contributed by atoms with Gasteiger partial charge >= 0.3 is 0 Å². The van der Waals surface area contributed by atoms with Crippen molar-refractivity contribution in [3.8, 4) is 5.69 Å². The first-order valence-electron chi connectivity index (χ1n) is 8.54. The predicted molar refractivity (Wildman–Crippen MR) is 107 cm³/mol. The summed E-state index contributed by atoms with van der Waals surface area (Å²) in [5.74, 6) is 1.67. The lowest BCUT2D eigenvalue weighted by Crippen LogP contribution is -2.12. The Kier molecular flexibility index (Phi) is 4.87. The average molecular weight is 431 g/mol. The summed E-state index contributed by atoms with van der Waals surface area (Å²) in [5, 5.41) is 9.24. The predicted octanol–water partition coefficient (Wildman–Crippen LogP) is 4.90. The Morgan fingerprint density at radius 3 is 2.73 bits per heavy atom. The zero-order valence-corrected chi connectivity index (χ0v) is 16.6. The van der Waals surface area contributed by atoms with Crippen LogP contribution in [0.1, 0.15) is 47.5 Å². The van der Waals surface area contributed by atoms with E-state index in [1.54, 1.807) is 6.07 Å². The van der Waals surface area contributed by atoms with Crippen LogP contribution >= 0.6 is 27.5 Å². The number of benzene rings is 1. The third-order valence-corrected chi connectivity index (χ3v) is 5.39. The van der Waals surface area contributed by atoms with Crippen molar-refractivity contribution >= 4 is 33.2 Å². The molecule has 1 aromatic carbocycles. The largest absolute Gasteiger partial charge is 0.278 e. The van der Waals surface area contributed by atoms with Crippen LogP contribution in [0, 0.1) is 0 Å². The van der Waals surface area contributed by atoms with Crippen LogP contribution in [-0.4, -0.2) is 25.5 Å². The quantitative estimate of drug-likeness (QED) is 0.437. The van der Waals surface area contributed by atoms with Crippen molar-refractivity contribution in [1.82, 2.24) is 19.7 Å². The number of halogens is 2. The lowest BCUT2D eigenvalue weighted by molar-refractivity contribution is 0.723. The smallest absolute Gasteiger partial charge is 0.159 e. The van der Waals surface area contributed by atoms with E-state index in [1.165, 1.54) is 0 Å². The van der Waals surface area contributed by atoms with E-state index in [9.17, 15) is 0 Å². The summed E-state index contributed by atoms with van der Waals surface area (Å²) >= 11 is 9.97. The van der Waals surface area contributed by atoms with Gasteiger partial charge in [0.1, 0.15) is 17.4 Å². The molecule has 132 valence electrons. The van der Waals surface area contributed by atoms with Crippen LogP contribution in [0.2, 0.25) is 5.15 Å². The van der Waals surface area contributed by atoms with E-state index in [-0.39, 0.29) is 4.83 Å². The van der Waals surface area contributed by atoms with E-state index in [0.717, 1.165) is 47.1 Å². The fourth-order valence-corrected chi connectivity index (χ4v) is 4.01. The number of nitrogens with zero attached hydrogens (tertiary/aromatic N) is 5. The van der Waals surface area contributed by atoms with Crippen LogP contribution < -0.4 is 0 Å². The molecule has 0 N–H and O–H groups in total. The Labute approximate surface area is 165 Å².